The molecule has 0 fully saturated rings. The second kappa shape index (κ2) is 9.34. The molecule has 0 radical (unpaired) electrons. The lowest BCUT2D eigenvalue weighted by Crippen LogP contribution is -3.00. The zero-order valence-electron chi connectivity index (χ0n) is 15.0. The Hall–Kier alpha value is -3.19. The summed E-state index contributed by atoms with van der Waals surface area (Å²) in [5.74, 6) is -0.520. The summed E-state index contributed by atoms with van der Waals surface area (Å²) in [6, 6.07) is 16.3. The minimum atomic E-state index is -4.42. The fourth-order valence-electron chi connectivity index (χ4n) is 2.58. The number of carbonyl (C=O) groups is 2. The van der Waals surface area contributed by atoms with Gasteiger partial charge in [-0.15, -0.1) is 0 Å². The van der Waals surface area contributed by atoms with Gasteiger partial charge in [-0.25, -0.2) is 0 Å². The van der Waals surface area contributed by atoms with Crippen LogP contribution < -0.4 is 22.3 Å². The summed E-state index contributed by atoms with van der Waals surface area (Å²) in [4.78, 5) is 24.4. The Morgan fingerprint density at radius 2 is 1.38 bits per heavy atom. The van der Waals surface area contributed by atoms with Gasteiger partial charge in [-0.1, -0.05) is 30.3 Å². The average molecular weight is 421 g/mol. The summed E-state index contributed by atoms with van der Waals surface area (Å²) in [7, 11) is 0. The van der Waals surface area contributed by atoms with Crippen LogP contribution in [0.2, 0.25) is 0 Å². The maximum atomic E-state index is 12.6. The lowest BCUT2D eigenvalue weighted by Gasteiger charge is -2.08. The highest BCUT2D eigenvalue weighted by atomic mass is 35.5. The minimum Gasteiger partial charge on any atom is -1.00 e. The maximum Gasteiger partial charge on any atom is 0.416 e. The minimum absolute atomic E-state index is 0. The van der Waals surface area contributed by atoms with E-state index in [9.17, 15) is 22.8 Å². The Morgan fingerprint density at radius 1 is 0.828 bits per heavy atom. The van der Waals surface area contributed by atoms with Gasteiger partial charge in [0.15, 0.2) is 18.2 Å². The van der Waals surface area contributed by atoms with Gasteiger partial charge in [0.05, 0.1) is 5.56 Å². The van der Waals surface area contributed by atoms with E-state index in [2.05, 4.69) is 5.32 Å². The smallest absolute Gasteiger partial charge is 0.416 e. The van der Waals surface area contributed by atoms with Crippen LogP contribution in [0.3, 0.4) is 0 Å². The third-order valence-electron chi connectivity index (χ3n) is 4.01. The van der Waals surface area contributed by atoms with Crippen molar-refractivity contribution in [2.45, 2.75) is 12.7 Å². The van der Waals surface area contributed by atoms with E-state index >= 15 is 0 Å². The number of carbonyl (C=O) groups excluding carboxylic acids is 2. The normalized spacial score (nSPS) is 10.7. The van der Waals surface area contributed by atoms with Gasteiger partial charge in [0.1, 0.15) is 0 Å². The molecule has 1 amide bonds. The molecule has 0 aliphatic heterocycles. The summed E-state index contributed by atoms with van der Waals surface area (Å²) >= 11 is 0. The fraction of sp³-hybridized carbons (Fsp3) is 0.0952. The molecule has 0 saturated carbocycles. The third-order valence-corrected chi connectivity index (χ3v) is 4.01. The lowest BCUT2D eigenvalue weighted by atomic mass is 10.0. The number of alkyl halides is 3. The number of rotatable bonds is 5. The summed E-state index contributed by atoms with van der Waals surface area (Å²) in [5, 5.41) is 2.54. The second-order valence-corrected chi connectivity index (χ2v) is 6.08. The van der Waals surface area contributed by atoms with E-state index < -0.39 is 17.6 Å². The molecule has 29 heavy (non-hydrogen) atoms. The highest BCUT2D eigenvalue weighted by Crippen LogP contribution is 2.29. The van der Waals surface area contributed by atoms with Gasteiger partial charge in [0, 0.05) is 28.9 Å². The number of ketones is 1. The van der Waals surface area contributed by atoms with Gasteiger partial charge < -0.3 is 17.7 Å². The van der Waals surface area contributed by atoms with Crippen LogP contribution in [0.4, 0.5) is 18.9 Å². The van der Waals surface area contributed by atoms with Gasteiger partial charge in [-0.2, -0.15) is 17.7 Å². The summed E-state index contributed by atoms with van der Waals surface area (Å²) in [5.41, 5.74) is 0.555. The fourth-order valence-corrected chi connectivity index (χ4v) is 2.58. The van der Waals surface area contributed by atoms with Crippen molar-refractivity contribution in [2.75, 3.05) is 5.32 Å². The van der Waals surface area contributed by atoms with Gasteiger partial charge in [0.25, 0.3) is 5.91 Å². The van der Waals surface area contributed by atoms with Gasteiger partial charge in [-0.3, -0.25) is 9.59 Å². The van der Waals surface area contributed by atoms with Crippen LogP contribution in [-0.2, 0) is 17.5 Å². The molecule has 0 spiro atoms. The van der Waals surface area contributed by atoms with E-state index in [4.69, 9.17) is 0 Å². The first-order chi connectivity index (χ1) is 13.3. The average Bonchev–Trinajstić information content (AvgIpc) is 2.68. The first-order valence-electron chi connectivity index (χ1n) is 8.39. The molecular formula is C21H16ClF3N2O2. The van der Waals surface area contributed by atoms with Crippen molar-refractivity contribution in [1.82, 2.24) is 0 Å². The molecule has 3 aromatic rings. The van der Waals surface area contributed by atoms with E-state index in [1.54, 1.807) is 53.4 Å². The zero-order valence-corrected chi connectivity index (χ0v) is 15.7. The summed E-state index contributed by atoms with van der Waals surface area (Å²) in [6.45, 7) is -0.0408. The van der Waals surface area contributed by atoms with Crippen molar-refractivity contribution in [3.8, 4) is 0 Å². The van der Waals surface area contributed by atoms with E-state index in [1.807, 2.05) is 6.07 Å². The monoisotopic (exact) mass is 420 g/mol. The molecule has 1 N–H and O–H groups in total. The standard InChI is InChI=1S/C21H15F3N2O2.ClH/c22-21(23,24)17-6-8-18(9-7-17)25-19(27)14-26-12-10-16(11-13-26)20(28)15-4-2-1-3-5-15;/h1-13H,14H2;1H. The maximum absolute atomic E-state index is 12.6. The molecule has 0 aliphatic carbocycles. The number of nitrogens with zero attached hydrogens (tertiary/aromatic N) is 1. The molecule has 150 valence electrons. The van der Waals surface area contributed by atoms with Crippen LogP contribution in [0.25, 0.3) is 0 Å². The van der Waals surface area contributed by atoms with Crippen LogP contribution in [0.1, 0.15) is 21.5 Å². The molecule has 8 heteroatoms. The quantitative estimate of drug-likeness (QED) is 0.492. The molecule has 3 rings (SSSR count). The van der Waals surface area contributed by atoms with Crippen LogP contribution in [0, 0.1) is 0 Å². The Labute approximate surface area is 171 Å². The molecule has 0 atom stereocenters. The van der Waals surface area contributed by atoms with Crippen LogP contribution in [0.15, 0.2) is 79.1 Å². The van der Waals surface area contributed by atoms with Crippen molar-refractivity contribution in [3.05, 3.63) is 95.8 Å². The van der Waals surface area contributed by atoms with Gasteiger partial charge in [-0.05, 0) is 24.3 Å². The number of halogens is 4. The Morgan fingerprint density at radius 3 is 1.93 bits per heavy atom. The van der Waals surface area contributed by atoms with Crippen LogP contribution in [0.5, 0.6) is 0 Å². The van der Waals surface area contributed by atoms with Crippen LogP contribution >= 0.6 is 0 Å². The first-order valence-corrected chi connectivity index (χ1v) is 8.39. The second-order valence-electron chi connectivity index (χ2n) is 6.08. The number of benzene rings is 2. The van der Waals surface area contributed by atoms with Crippen molar-refractivity contribution in [3.63, 3.8) is 0 Å². The van der Waals surface area contributed by atoms with E-state index in [0.717, 1.165) is 12.1 Å². The first kappa shape index (κ1) is 22.1. The number of anilines is 1. The van der Waals surface area contributed by atoms with Crippen molar-refractivity contribution in [1.29, 1.82) is 0 Å². The molecular weight excluding hydrogens is 405 g/mol. The third kappa shape index (κ3) is 5.89. The number of amides is 1. The van der Waals surface area contributed by atoms with Gasteiger partial charge in [0.2, 0.25) is 6.54 Å². The van der Waals surface area contributed by atoms with Crippen LogP contribution in [-0.4, -0.2) is 11.7 Å². The predicted octanol–water partition coefficient (Wildman–Crippen LogP) is 0.867. The molecule has 1 aromatic heterocycles. The molecule has 0 bridgehead atoms. The Bertz CT molecular complexity index is 974. The largest absolute Gasteiger partial charge is 1.00 e. The number of hydrogen-bond donors (Lipinski definition) is 1. The molecule has 1 heterocycles. The molecule has 0 saturated heterocycles. The number of aromatic nitrogens is 1. The van der Waals surface area contributed by atoms with E-state index in [-0.39, 0.29) is 30.4 Å². The lowest BCUT2D eigenvalue weighted by molar-refractivity contribution is -0.684. The zero-order chi connectivity index (χ0) is 20.1. The number of nitrogens with one attached hydrogen (secondary N) is 1. The van der Waals surface area contributed by atoms with Crippen molar-refractivity contribution >= 4 is 17.4 Å². The Balaban J connectivity index is 0.00000300. The topological polar surface area (TPSA) is 50.0 Å². The molecule has 2 aromatic carbocycles. The highest BCUT2D eigenvalue weighted by molar-refractivity contribution is 6.08. The van der Waals surface area contributed by atoms with Crippen molar-refractivity contribution in [2.24, 2.45) is 0 Å². The van der Waals surface area contributed by atoms with Gasteiger partial charge >= 0.3 is 6.18 Å². The summed E-state index contributed by atoms with van der Waals surface area (Å²) < 4.78 is 39.2. The number of pyridine rings is 1. The van der Waals surface area contributed by atoms with Crippen molar-refractivity contribution < 1.29 is 39.7 Å². The number of hydrogen-bond acceptors (Lipinski definition) is 2. The molecule has 0 aliphatic rings. The molecule has 4 nitrogen and oxygen atoms in total. The Kier molecular flexibility index (Phi) is 7.12. The molecule has 0 unspecified atom stereocenters. The van der Waals surface area contributed by atoms with E-state index in [0.29, 0.717) is 11.1 Å². The predicted molar refractivity (Wildman–Crippen MR) is 96.6 cm³/mol. The highest BCUT2D eigenvalue weighted by Gasteiger charge is 2.30. The SMILES string of the molecule is O=C(C[n+]1ccc(C(=O)c2ccccc2)cc1)Nc1ccc(C(F)(F)F)cc1.[Cl-]. The van der Waals surface area contributed by atoms with E-state index in [1.165, 1.54) is 12.1 Å². The summed E-state index contributed by atoms with van der Waals surface area (Å²) in [6.07, 6.45) is -1.22.